The molecule has 0 atom stereocenters. The summed E-state index contributed by atoms with van der Waals surface area (Å²) in [5, 5.41) is 2.48. The van der Waals surface area contributed by atoms with Crippen LogP contribution in [0, 0.1) is 5.82 Å². The van der Waals surface area contributed by atoms with E-state index in [1.165, 1.54) is 23.5 Å². The Labute approximate surface area is 146 Å². The van der Waals surface area contributed by atoms with Gasteiger partial charge < -0.3 is 9.72 Å². The average Bonchev–Trinajstić information content (AvgIpc) is 3.07. The van der Waals surface area contributed by atoms with Gasteiger partial charge in [-0.25, -0.2) is 9.37 Å². The van der Waals surface area contributed by atoms with Crippen molar-refractivity contribution >= 4 is 21.6 Å². The molecular weight excluding hydrogens is 339 g/mol. The number of ether oxygens (including phenoxy) is 1. The summed E-state index contributed by atoms with van der Waals surface area (Å²) >= 11 is 1.41. The maximum Gasteiger partial charge on any atom is 0.260 e. The second-order valence-corrected chi connectivity index (χ2v) is 6.34. The molecule has 0 aliphatic rings. The lowest BCUT2D eigenvalue weighted by molar-refractivity contribution is 0.415. The fourth-order valence-corrected chi connectivity index (χ4v) is 3.62. The van der Waals surface area contributed by atoms with Crippen LogP contribution in [0.2, 0.25) is 0 Å². The van der Waals surface area contributed by atoms with E-state index in [2.05, 4.69) is 9.97 Å². The van der Waals surface area contributed by atoms with E-state index in [1.54, 1.807) is 19.2 Å². The second-order valence-electron chi connectivity index (χ2n) is 5.48. The van der Waals surface area contributed by atoms with Crippen LogP contribution in [-0.4, -0.2) is 17.1 Å². The van der Waals surface area contributed by atoms with E-state index in [9.17, 15) is 9.18 Å². The fraction of sp³-hybridized carbons (Fsp3) is 0.0526. The lowest BCUT2D eigenvalue weighted by Gasteiger charge is -2.04. The van der Waals surface area contributed by atoms with Crippen LogP contribution in [0.15, 0.2) is 58.7 Å². The van der Waals surface area contributed by atoms with E-state index in [-0.39, 0.29) is 11.4 Å². The number of hydrogen-bond acceptors (Lipinski definition) is 4. The number of halogens is 1. The molecule has 0 fully saturated rings. The summed E-state index contributed by atoms with van der Waals surface area (Å²) in [7, 11) is 1.61. The van der Waals surface area contributed by atoms with Crippen molar-refractivity contribution in [1.82, 2.24) is 9.97 Å². The third-order valence-electron chi connectivity index (χ3n) is 3.96. The molecule has 2 aromatic carbocycles. The number of aromatic amines is 1. The fourth-order valence-electron chi connectivity index (χ4n) is 2.68. The van der Waals surface area contributed by atoms with Crippen molar-refractivity contribution in [3.05, 3.63) is 70.1 Å². The van der Waals surface area contributed by atoms with Crippen molar-refractivity contribution in [3.8, 4) is 28.3 Å². The summed E-state index contributed by atoms with van der Waals surface area (Å²) in [4.78, 5) is 20.6. The number of aromatic nitrogens is 2. The third kappa shape index (κ3) is 2.81. The van der Waals surface area contributed by atoms with E-state index in [0.717, 1.165) is 16.9 Å². The lowest BCUT2D eigenvalue weighted by atomic mass is 10.1. The zero-order valence-electron chi connectivity index (χ0n) is 13.2. The maximum absolute atomic E-state index is 13.1. The summed E-state index contributed by atoms with van der Waals surface area (Å²) in [6.07, 6.45) is 0. The molecule has 6 heteroatoms. The highest BCUT2D eigenvalue weighted by Crippen LogP contribution is 2.32. The van der Waals surface area contributed by atoms with Gasteiger partial charge in [-0.2, -0.15) is 0 Å². The Balaban J connectivity index is 1.84. The highest BCUT2D eigenvalue weighted by Gasteiger charge is 2.14. The van der Waals surface area contributed by atoms with Gasteiger partial charge in [0.2, 0.25) is 0 Å². The predicted octanol–water partition coefficient (Wildman–Crippen LogP) is 4.47. The summed E-state index contributed by atoms with van der Waals surface area (Å²) in [5.74, 6) is 0.861. The predicted molar refractivity (Wildman–Crippen MR) is 97.6 cm³/mol. The number of methoxy groups -OCH3 is 1. The van der Waals surface area contributed by atoms with Crippen molar-refractivity contribution in [2.75, 3.05) is 7.11 Å². The Morgan fingerprint density at radius 2 is 1.72 bits per heavy atom. The van der Waals surface area contributed by atoms with E-state index in [4.69, 9.17) is 4.74 Å². The van der Waals surface area contributed by atoms with Crippen LogP contribution in [0.3, 0.4) is 0 Å². The minimum atomic E-state index is -0.329. The molecule has 0 saturated heterocycles. The van der Waals surface area contributed by atoms with Crippen LogP contribution in [0.1, 0.15) is 0 Å². The topological polar surface area (TPSA) is 55.0 Å². The van der Waals surface area contributed by atoms with Crippen LogP contribution in [0.4, 0.5) is 4.39 Å². The molecule has 0 aliphatic heterocycles. The smallest absolute Gasteiger partial charge is 0.260 e. The van der Waals surface area contributed by atoms with Gasteiger partial charge in [-0.1, -0.05) is 12.1 Å². The molecule has 1 N–H and O–H groups in total. The largest absolute Gasteiger partial charge is 0.497 e. The van der Waals surface area contributed by atoms with Gasteiger partial charge >= 0.3 is 0 Å². The number of thiophene rings is 1. The highest BCUT2D eigenvalue weighted by atomic mass is 32.1. The Bertz CT molecular complexity index is 1100. The van der Waals surface area contributed by atoms with E-state index in [0.29, 0.717) is 21.6 Å². The van der Waals surface area contributed by atoms with E-state index < -0.39 is 0 Å². The molecule has 25 heavy (non-hydrogen) atoms. The Hall–Kier alpha value is -2.99. The summed E-state index contributed by atoms with van der Waals surface area (Å²) in [5.41, 5.74) is 2.21. The van der Waals surface area contributed by atoms with Gasteiger partial charge in [0.1, 0.15) is 22.2 Å². The van der Waals surface area contributed by atoms with Crippen molar-refractivity contribution < 1.29 is 9.13 Å². The summed E-state index contributed by atoms with van der Waals surface area (Å²) in [6.45, 7) is 0. The van der Waals surface area contributed by atoms with Crippen molar-refractivity contribution in [1.29, 1.82) is 0 Å². The van der Waals surface area contributed by atoms with E-state index in [1.807, 2.05) is 29.6 Å². The molecule has 2 aromatic heterocycles. The van der Waals surface area contributed by atoms with Crippen LogP contribution < -0.4 is 10.3 Å². The molecular formula is C19H13FN2O2S. The standard InChI is InChI=1S/C19H13FN2O2S/c1-24-14-8-4-11(5-9-14)15-10-25-19-16(15)18(23)21-17(22-19)12-2-6-13(20)7-3-12/h2-10H,1H3,(H,21,22,23). The summed E-state index contributed by atoms with van der Waals surface area (Å²) in [6, 6.07) is 13.4. The van der Waals surface area contributed by atoms with E-state index >= 15 is 0 Å². The molecule has 0 amide bonds. The summed E-state index contributed by atoms with van der Waals surface area (Å²) < 4.78 is 18.2. The Morgan fingerprint density at radius 3 is 2.40 bits per heavy atom. The lowest BCUT2D eigenvalue weighted by Crippen LogP contribution is -2.09. The number of benzene rings is 2. The molecule has 0 saturated carbocycles. The van der Waals surface area contributed by atoms with Gasteiger partial charge in [0, 0.05) is 16.5 Å². The van der Waals surface area contributed by atoms with Gasteiger partial charge in [0.05, 0.1) is 12.5 Å². The Kier molecular flexibility index (Phi) is 3.82. The number of fused-ring (bicyclic) bond motifs is 1. The first-order valence-corrected chi connectivity index (χ1v) is 8.45. The van der Waals surface area contributed by atoms with Crippen molar-refractivity contribution in [3.63, 3.8) is 0 Å². The van der Waals surface area contributed by atoms with Crippen LogP contribution in [0.25, 0.3) is 32.7 Å². The van der Waals surface area contributed by atoms with Gasteiger partial charge in [-0.3, -0.25) is 4.79 Å². The number of H-pyrrole nitrogens is 1. The van der Waals surface area contributed by atoms with Gasteiger partial charge in [-0.05, 0) is 42.0 Å². The molecule has 124 valence electrons. The molecule has 4 nitrogen and oxygen atoms in total. The zero-order valence-corrected chi connectivity index (χ0v) is 14.1. The molecule has 0 spiro atoms. The quantitative estimate of drug-likeness (QED) is 0.592. The molecule has 4 aromatic rings. The number of rotatable bonds is 3. The van der Waals surface area contributed by atoms with Crippen molar-refractivity contribution in [2.24, 2.45) is 0 Å². The molecule has 0 aliphatic carbocycles. The van der Waals surface area contributed by atoms with Crippen LogP contribution in [0.5, 0.6) is 5.75 Å². The zero-order chi connectivity index (χ0) is 17.4. The molecule has 2 heterocycles. The number of nitrogens with zero attached hydrogens (tertiary/aromatic N) is 1. The number of hydrogen-bond donors (Lipinski definition) is 1. The maximum atomic E-state index is 13.1. The second kappa shape index (κ2) is 6.14. The van der Waals surface area contributed by atoms with Gasteiger partial charge in [0.25, 0.3) is 5.56 Å². The Morgan fingerprint density at radius 1 is 1.04 bits per heavy atom. The van der Waals surface area contributed by atoms with Gasteiger partial charge in [0.15, 0.2) is 0 Å². The first-order chi connectivity index (χ1) is 12.2. The van der Waals surface area contributed by atoms with Crippen LogP contribution >= 0.6 is 11.3 Å². The van der Waals surface area contributed by atoms with Crippen LogP contribution in [-0.2, 0) is 0 Å². The number of nitrogens with one attached hydrogen (secondary N) is 1. The SMILES string of the molecule is COc1ccc(-c2csc3nc(-c4ccc(F)cc4)[nH]c(=O)c23)cc1. The molecule has 0 radical (unpaired) electrons. The molecule has 4 rings (SSSR count). The van der Waals surface area contributed by atoms with Gasteiger partial charge in [-0.15, -0.1) is 11.3 Å². The molecule has 0 unspecified atom stereocenters. The third-order valence-corrected chi connectivity index (χ3v) is 4.83. The van der Waals surface area contributed by atoms with Crippen molar-refractivity contribution in [2.45, 2.75) is 0 Å². The minimum Gasteiger partial charge on any atom is -0.497 e. The normalized spacial score (nSPS) is 11.0. The minimum absolute atomic E-state index is 0.212. The highest BCUT2D eigenvalue weighted by molar-refractivity contribution is 7.17. The monoisotopic (exact) mass is 352 g/mol. The average molecular weight is 352 g/mol. The first-order valence-electron chi connectivity index (χ1n) is 7.57. The molecule has 0 bridgehead atoms. The first kappa shape index (κ1) is 15.5.